The maximum Gasteiger partial charge on any atom is 0.159 e. The topological polar surface area (TPSA) is 73.6 Å². The third kappa shape index (κ3) is 3.19. The summed E-state index contributed by atoms with van der Waals surface area (Å²) in [4.78, 5) is 5.19. The van der Waals surface area contributed by atoms with Crippen molar-refractivity contribution in [3.8, 4) is 5.75 Å². The summed E-state index contributed by atoms with van der Waals surface area (Å²) in [5, 5.41) is 3.91. The van der Waals surface area contributed by atoms with E-state index in [1.165, 1.54) is 18.2 Å². The number of halogens is 2. The van der Waals surface area contributed by atoms with Gasteiger partial charge in [-0.2, -0.15) is 0 Å². The molecule has 0 unspecified atom stereocenters. The molecule has 0 aliphatic carbocycles. The van der Waals surface area contributed by atoms with Crippen molar-refractivity contribution in [3.05, 3.63) is 52.8 Å². The minimum Gasteiger partial charge on any atom is -0.399 e. The molecule has 0 saturated carbocycles. The van der Waals surface area contributed by atoms with Crippen LogP contribution in [0.5, 0.6) is 5.75 Å². The van der Waals surface area contributed by atoms with Gasteiger partial charge in [-0.15, -0.1) is 0 Å². The molecule has 20 heavy (non-hydrogen) atoms. The molecule has 6 heteroatoms. The summed E-state index contributed by atoms with van der Waals surface area (Å²) in [7, 11) is 0. The lowest BCUT2D eigenvalue weighted by molar-refractivity contribution is 0.341. The Bertz CT molecular complexity index is 673. The normalized spacial score (nSPS) is 11.4. The number of hydrogen-bond acceptors (Lipinski definition) is 4. The molecule has 2 rings (SSSR count). The Labute approximate surface area is 120 Å². The standard InChI is InChI=1S/C14H13ClFN3O/c1-8(11-6-9(17)2-5-14(11)18)19-20-10-3-4-13(16)12(15)7-10/h2-7H,17-18H2,1H3/b19-8+. The fraction of sp³-hybridized carbons (Fsp3) is 0.0714. The largest absolute Gasteiger partial charge is 0.399 e. The van der Waals surface area contributed by atoms with Crippen molar-refractivity contribution in [1.29, 1.82) is 0 Å². The Morgan fingerprint density at radius 1 is 1.20 bits per heavy atom. The number of nitrogen functional groups attached to an aromatic ring is 2. The molecular formula is C14H13ClFN3O. The van der Waals surface area contributed by atoms with Gasteiger partial charge in [-0.1, -0.05) is 16.8 Å². The smallest absolute Gasteiger partial charge is 0.159 e. The van der Waals surface area contributed by atoms with Gasteiger partial charge < -0.3 is 16.3 Å². The summed E-state index contributed by atoms with van der Waals surface area (Å²) < 4.78 is 13.0. The van der Waals surface area contributed by atoms with Crippen molar-refractivity contribution in [3.63, 3.8) is 0 Å². The zero-order valence-electron chi connectivity index (χ0n) is 10.7. The maximum absolute atomic E-state index is 13.0. The van der Waals surface area contributed by atoms with Crippen molar-refractivity contribution in [2.75, 3.05) is 11.5 Å². The van der Waals surface area contributed by atoms with E-state index in [4.69, 9.17) is 27.9 Å². The second-order valence-electron chi connectivity index (χ2n) is 4.19. The maximum atomic E-state index is 13.0. The van der Waals surface area contributed by atoms with E-state index in [2.05, 4.69) is 5.16 Å². The first-order valence-electron chi connectivity index (χ1n) is 5.79. The summed E-state index contributed by atoms with van der Waals surface area (Å²) in [6.45, 7) is 1.73. The van der Waals surface area contributed by atoms with Gasteiger partial charge in [0.2, 0.25) is 0 Å². The van der Waals surface area contributed by atoms with Crippen LogP contribution in [0.2, 0.25) is 5.02 Å². The van der Waals surface area contributed by atoms with Crippen LogP contribution in [0.4, 0.5) is 15.8 Å². The third-order valence-electron chi connectivity index (χ3n) is 2.65. The molecule has 0 aliphatic heterocycles. The average molecular weight is 294 g/mol. The summed E-state index contributed by atoms with van der Waals surface area (Å²) in [6.07, 6.45) is 0. The van der Waals surface area contributed by atoms with Crippen LogP contribution in [0.25, 0.3) is 0 Å². The SMILES string of the molecule is C/C(=N\Oc1ccc(F)c(Cl)c1)c1cc(N)ccc1N. The van der Waals surface area contributed by atoms with Crippen LogP contribution in [0.1, 0.15) is 12.5 Å². The van der Waals surface area contributed by atoms with E-state index in [0.717, 1.165) is 0 Å². The predicted octanol–water partition coefficient (Wildman–Crippen LogP) is 3.45. The predicted molar refractivity (Wildman–Crippen MR) is 79.5 cm³/mol. The van der Waals surface area contributed by atoms with Crippen molar-refractivity contribution < 1.29 is 9.23 Å². The molecule has 2 aromatic rings. The Hall–Kier alpha value is -2.27. The summed E-state index contributed by atoms with van der Waals surface area (Å²) in [5.74, 6) is -0.182. The van der Waals surface area contributed by atoms with Gasteiger partial charge in [-0.3, -0.25) is 0 Å². The van der Waals surface area contributed by atoms with E-state index in [1.54, 1.807) is 25.1 Å². The first-order valence-corrected chi connectivity index (χ1v) is 6.17. The lowest BCUT2D eigenvalue weighted by Crippen LogP contribution is -2.04. The molecule has 0 fully saturated rings. The molecule has 0 heterocycles. The van der Waals surface area contributed by atoms with Crippen LogP contribution < -0.4 is 16.3 Å². The number of anilines is 2. The molecule has 0 bridgehead atoms. The zero-order valence-corrected chi connectivity index (χ0v) is 11.5. The van der Waals surface area contributed by atoms with Gasteiger partial charge in [0.1, 0.15) is 5.82 Å². The molecule has 0 spiro atoms. The highest BCUT2D eigenvalue weighted by Crippen LogP contribution is 2.22. The van der Waals surface area contributed by atoms with Gasteiger partial charge in [0.25, 0.3) is 0 Å². The van der Waals surface area contributed by atoms with E-state index in [9.17, 15) is 4.39 Å². The van der Waals surface area contributed by atoms with Crippen LogP contribution in [-0.4, -0.2) is 5.71 Å². The van der Waals surface area contributed by atoms with Crippen molar-refractivity contribution >= 4 is 28.7 Å². The average Bonchev–Trinajstić information content (AvgIpc) is 2.42. The van der Waals surface area contributed by atoms with Crippen molar-refractivity contribution in [2.24, 2.45) is 5.16 Å². The molecule has 104 valence electrons. The van der Waals surface area contributed by atoms with Crippen LogP contribution >= 0.6 is 11.6 Å². The highest BCUT2D eigenvalue weighted by atomic mass is 35.5. The lowest BCUT2D eigenvalue weighted by Gasteiger charge is -2.06. The first-order chi connectivity index (χ1) is 9.47. The van der Waals surface area contributed by atoms with Crippen LogP contribution in [0.3, 0.4) is 0 Å². The van der Waals surface area contributed by atoms with E-state index >= 15 is 0 Å². The van der Waals surface area contributed by atoms with Gasteiger partial charge in [0.05, 0.1) is 10.7 Å². The van der Waals surface area contributed by atoms with Crippen molar-refractivity contribution in [1.82, 2.24) is 0 Å². The van der Waals surface area contributed by atoms with E-state index < -0.39 is 5.82 Å². The first kappa shape index (κ1) is 14.1. The minimum atomic E-state index is -0.514. The molecule has 0 radical (unpaired) electrons. The van der Waals surface area contributed by atoms with Gasteiger partial charge >= 0.3 is 0 Å². The van der Waals surface area contributed by atoms with E-state index in [-0.39, 0.29) is 5.02 Å². The summed E-state index contributed by atoms with van der Waals surface area (Å²) in [5.41, 5.74) is 13.9. The fourth-order valence-electron chi connectivity index (χ4n) is 1.59. The van der Waals surface area contributed by atoms with E-state index in [1.807, 2.05) is 0 Å². The minimum absolute atomic E-state index is 0.0289. The highest BCUT2D eigenvalue weighted by molar-refractivity contribution is 6.30. The van der Waals surface area contributed by atoms with Gasteiger partial charge in [-0.05, 0) is 37.3 Å². The van der Waals surface area contributed by atoms with Crippen LogP contribution in [-0.2, 0) is 0 Å². The van der Waals surface area contributed by atoms with Crippen LogP contribution in [0.15, 0.2) is 41.6 Å². The van der Waals surface area contributed by atoms with Gasteiger partial charge in [0.15, 0.2) is 5.75 Å². The molecule has 0 aromatic heterocycles. The number of rotatable bonds is 3. The fourth-order valence-corrected chi connectivity index (χ4v) is 1.76. The number of oxime groups is 1. The quantitative estimate of drug-likeness (QED) is 0.517. The summed E-state index contributed by atoms with van der Waals surface area (Å²) in [6, 6.07) is 9.08. The Kier molecular flexibility index (Phi) is 4.10. The van der Waals surface area contributed by atoms with Crippen LogP contribution in [0, 0.1) is 5.82 Å². The number of benzene rings is 2. The molecule has 2 aromatic carbocycles. The monoisotopic (exact) mass is 293 g/mol. The Morgan fingerprint density at radius 2 is 1.95 bits per heavy atom. The lowest BCUT2D eigenvalue weighted by atomic mass is 10.1. The molecule has 0 saturated heterocycles. The third-order valence-corrected chi connectivity index (χ3v) is 2.94. The van der Waals surface area contributed by atoms with Gasteiger partial charge in [-0.25, -0.2) is 4.39 Å². The molecule has 0 amide bonds. The number of nitrogens with two attached hydrogens (primary N) is 2. The van der Waals surface area contributed by atoms with Gasteiger partial charge in [0, 0.05) is 23.0 Å². The second kappa shape index (κ2) is 5.79. The zero-order chi connectivity index (χ0) is 14.7. The Morgan fingerprint density at radius 3 is 2.65 bits per heavy atom. The molecule has 4 N–H and O–H groups in total. The number of hydrogen-bond donors (Lipinski definition) is 2. The highest BCUT2D eigenvalue weighted by Gasteiger charge is 2.05. The summed E-state index contributed by atoms with van der Waals surface area (Å²) >= 11 is 5.65. The molecule has 0 aliphatic rings. The Balaban J connectivity index is 2.22. The molecule has 0 atom stereocenters. The molecule has 4 nitrogen and oxygen atoms in total. The van der Waals surface area contributed by atoms with E-state index in [0.29, 0.717) is 28.4 Å². The number of nitrogens with zero attached hydrogens (tertiary/aromatic N) is 1. The van der Waals surface area contributed by atoms with Crippen molar-refractivity contribution in [2.45, 2.75) is 6.92 Å². The molecular weight excluding hydrogens is 281 g/mol. The second-order valence-corrected chi connectivity index (χ2v) is 4.60.